The van der Waals surface area contributed by atoms with Gasteiger partial charge in [-0.1, -0.05) is 28.1 Å². The zero-order valence-electron chi connectivity index (χ0n) is 10.1. The number of aromatic nitrogens is 2. The van der Waals surface area contributed by atoms with E-state index in [0.29, 0.717) is 6.54 Å². The molecular weight excluding hydrogens is 473 g/mol. The predicted octanol–water partition coefficient (Wildman–Crippen LogP) is 2.91. The first kappa shape index (κ1) is 15.4. The zero-order valence-corrected chi connectivity index (χ0v) is 14.0. The quantitative estimate of drug-likeness (QED) is 0.693. The normalized spacial score (nSPS) is 9.61. The molecule has 2 rings (SSSR count). The molecule has 0 radical (unpaired) electrons. The minimum atomic E-state index is 0.618. The van der Waals surface area contributed by atoms with Crippen LogP contribution in [0.4, 0.5) is 0 Å². The SMILES string of the molecule is C=Cn1ccn(C)[c]1=[Pt].NCc1ccc(Br)cc1. The van der Waals surface area contributed by atoms with E-state index in [2.05, 4.69) is 41.9 Å². The Morgan fingerprint density at radius 1 is 1.33 bits per heavy atom. The summed E-state index contributed by atoms with van der Waals surface area (Å²) in [7, 11) is 2.00. The van der Waals surface area contributed by atoms with Crippen molar-refractivity contribution in [3.05, 3.63) is 57.1 Å². The van der Waals surface area contributed by atoms with Gasteiger partial charge in [0.05, 0.1) is 0 Å². The molecular formula is C13H16BrN3Pt. The molecule has 0 aliphatic rings. The van der Waals surface area contributed by atoms with E-state index in [1.54, 1.807) is 6.20 Å². The summed E-state index contributed by atoms with van der Waals surface area (Å²) >= 11 is 5.57. The Bertz CT molecular complexity index is 554. The minimum Gasteiger partial charge on any atom is -0.326 e. The van der Waals surface area contributed by atoms with Crippen molar-refractivity contribution in [3.8, 4) is 0 Å². The van der Waals surface area contributed by atoms with Crippen molar-refractivity contribution < 1.29 is 19.4 Å². The number of hydrogen-bond acceptors (Lipinski definition) is 1. The van der Waals surface area contributed by atoms with Crippen LogP contribution in [0.3, 0.4) is 0 Å². The minimum absolute atomic E-state index is 0.618. The molecule has 0 spiro atoms. The van der Waals surface area contributed by atoms with Crippen LogP contribution in [0.15, 0.2) is 47.7 Å². The van der Waals surface area contributed by atoms with E-state index in [1.807, 2.05) is 52.8 Å². The molecule has 100 valence electrons. The summed E-state index contributed by atoms with van der Waals surface area (Å²) in [5.41, 5.74) is 6.55. The van der Waals surface area contributed by atoms with Crippen molar-refractivity contribution in [3.63, 3.8) is 0 Å². The summed E-state index contributed by atoms with van der Waals surface area (Å²) in [6.45, 7) is 4.27. The molecule has 0 atom stereocenters. The summed E-state index contributed by atoms with van der Waals surface area (Å²) in [5.74, 6) is 0. The molecule has 1 aromatic carbocycles. The maximum absolute atomic E-state index is 5.38. The average molecular weight is 489 g/mol. The van der Waals surface area contributed by atoms with Gasteiger partial charge in [-0.25, -0.2) is 0 Å². The zero-order chi connectivity index (χ0) is 13.5. The maximum Gasteiger partial charge on any atom is 0.0178 e. The molecule has 18 heavy (non-hydrogen) atoms. The molecule has 1 aromatic heterocycles. The van der Waals surface area contributed by atoms with Gasteiger partial charge in [-0.2, -0.15) is 0 Å². The second-order valence-electron chi connectivity index (χ2n) is 3.57. The topological polar surface area (TPSA) is 35.9 Å². The molecule has 2 N–H and O–H groups in total. The van der Waals surface area contributed by atoms with Gasteiger partial charge in [0, 0.05) is 11.0 Å². The summed E-state index contributed by atoms with van der Waals surface area (Å²) in [5, 5.41) is 0. The number of rotatable bonds is 2. The Hall–Kier alpha value is -0.702. The molecule has 2 aromatic rings. The van der Waals surface area contributed by atoms with Gasteiger partial charge < -0.3 is 5.73 Å². The first-order chi connectivity index (χ1) is 8.58. The Morgan fingerprint density at radius 3 is 2.28 bits per heavy atom. The van der Waals surface area contributed by atoms with Crippen LogP contribution in [0, 0.1) is 3.80 Å². The first-order valence-corrected chi connectivity index (χ1v) is 7.27. The standard InChI is InChI=1S/C7H8BrN.C6H8N2.Pt/c8-7-3-1-6(5-9)2-4-7;1-3-8-5-4-7(2)6-8;/h1-4H,5,9H2;3-5H,1H2,2H3;. The van der Waals surface area contributed by atoms with Gasteiger partial charge >= 0.3 is 64.5 Å². The molecule has 0 saturated carbocycles. The average Bonchev–Trinajstić information content (AvgIpc) is 2.71. The Kier molecular flexibility index (Phi) is 6.54. The molecule has 0 amide bonds. The first-order valence-electron chi connectivity index (χ1n) is 5.34. The van der Waals surface area contributed by atoms with Crippen molar-refractivity contribution in [2.45, 2.75) is 6.54 Å². The van der Waals surface area contributed by atoms with E-state index in [9.17, 15) is 0 Å². The second kappa shape index (κ2) is 7.67. The molecule has 1 heterocycles. The van der Waals surface area contributed by atoms with E-state index >= 15 is 0 Å². The van der Waals surface area contributed by atoms with Crippen LogP contribution in [-0.2, 0) is 32.9 Å². The van der Waals surface area contributed by atoms with Crippen LogP contribution in [0.25, 0.3) is 6.20 Å². The van der Waals surface area contributed by atoms with Gasteiger partial charge in [-0.3, -0.25) is 0 Å². The molecule has 0 unspecified atom stereocenters. The van der Waals surface area contributed by atoms with Crippen LogP contribution in [0.2, 0.25) is 0 Å². The molecule has 5 heteroatoms. The van der Waals surface area contributed by atoms with Gasteiger partial charge in [-0.05, 0) is 17.7 Å². The van der Waals surface area contributed by atoms with Crippen molar-refractivity contribution in [2.24, 2.45) is 12.8 Å². The number of benzene rings is 1. The largest absolute Gasteiger partial charge is 0.326 e. The fraction of sp³-hybridized carbons (Fsp3) is 0.154. The third kappa shape index (κ3) is 4.52. The predicted molar refractivity (Wildman–Crippen MR) is 75.1 cm³/mol. The Balaban J connectivity index is 0.000000180. The van der Waals surface area contributed by atoms with Gasteiger partial charge in [0.25, 0.3) is 0 Å². The molecule has 3 nitrogen and oxygen atoms in total. The van der Waals surface area contributed by atoms with E-state index in [0.717, 1.165) is 8.28 Å². The van der Waals surface area contributed by atoms with Crippen molar-refractivity contribution in [1.82, 2.24) is 9.13 Å². The van der Waals surface area contributed by atoms with Crippen LogP contribution in [-0.4, -0.2) is 9.13 Å². The summed E-state index contributed by atoms with van der Waals surface area (Å²) < 4.78 is 6.25. The Morgan fingerprint density at radius 2 is 1.94 bits per heavy atom. The summed E-state index contributed by atoms with van der Waals surface area (Å²) in [6, 6.07) is 7.98. The van der Waals surface area contributed by atoms with Crippen LogP contribution < -0.4 is 5.73 Å². The number of aryl methyl sites for hydroxylation is 1. The van der Waals surface area contributed by atoms with Crippen molar-refractivity contribution >= 4 is 22.1 Å². The summed E-state index contributed by atoms with van der Waals surface area (Å²) in [4.78, 5) is 0. The molecule has 0 aliphatic heterocycles. The fourth-order valence-electron chi connectivity index (χ4n) is 1.22. The number of hydrogen-bond donors (Lipinski definition) is 1. The van der Waals surface area contributed by atoms with Crippen LogP contribution in [0.5, 0.6) is 0 Å². The van der Waals surface area contributed by atoms with E-state index in [-0.39, 0.29) is 0 Å². The van der Waals surface area contributed by atoms with Gasteiger partial charge in [0.2, 0.25) is 0 Å². The molecule has 0 fully saturated rings. The number of imidazole rings is 1. The Labute approximate surface area is 126 Å². The van der Waals surface area contributed by atoms with Crippen molar-refractivity contribution in [1.29, 1.82) is 0 Å². The van der Waals surface area contributed by atoms with E-state index < -0.39 is 0 Å². The number of nitrogens with two attached hydrogens (primary N) is 1. The van der Waals surface area contributed by atoms with Gasteiger partial charge in [-0.15, -0.1) is 0 Å². The maximum atomic E-state index is 5.38. The number of nitrogens with zero attached hydrogens (tertiary/aromatic N) is 2. The third-order valence-corrected chi connectivity index (χ3v) is 4.18. The van der Waals surface area contributed by atoms with Gasteiger partial charge in [0.15, 0.2) is 0 Å². The van der Waals surface area contributed by atoms with Crippen molar-refractivity contribution in [2.75, 3.05) is 0 Å². The fourth-order valence-corrected chi connectivity index (χ4v) is 2.03. The number of halogens is 1. The monoisotopic (exact) mass is 488 g/mol. The van der Waals surface area contributed by atoms with Gasteiger partial charge in [0.1, 0.15) is 0 Å². The van der Waals surface area contributed by atoms with E-state index in [4.69, 9.17) is 5.73 Å². The second-order valence-corrected chi connectivity index (χ2v) is 5.50. The third-order valence-electron chi connectivity index (χ3n) is 2.26. The molecule has 0 bridgehead atoms. The smallest absolute Gasteiger partial charge is 0.0178 e. The molecule has 0 aliphatic carbocycles. The molecule has 0 saturated heterocycles. The van der Waals surface area contributed by atoms with E-state index in [1.165, 1.54) is 5.56 Å². The van der Waals surface area contributed by atoms with Crippen LogP contribution >= 0.6 is 15.9 Å². The summed E-state index contributed by atoms with van der Waals surface area (Å²) in [6.07, 6.45) is 5.74. The van der Waals surface area contributed by atoms with Crippen LogP contribution in [0.1, 0.15) is 5.56 Å².